The molecule has 0 spiro atoms. The smallest absolute Gasteiger partial charge is 0.248 e. The maximum atomic E-state index is 13.3. The molecule has 2 aromatic carbocycles. The summed E-state index contributed by atoms with van der Waals surface area (Å²) in [5, 5.41) is 1.81. The van der Waals surface area contributed by atoms with Crippen LogP contribution >= 0.6 is 0 Å². The van der Waals surface area contributed by atoms with Gasteiger partial charge >= 0.3 is 0 Å². The monoisotopic (exact) mass is 487 g/mol. The molecular weight excluding hydrogens is 453 g/mol. The van der Waals surface area contributed by atoms with Crippen LogP contribution < -0.4 is 26.6 Å². The number of amides is 1. The summed E-state index contributed by atoms with van der Waals surface area (Å²) in [5.74, 6) is -0.484. The molecule has 1 fully saturated rings. The summed E-state index contributed by atoms with van der Waals surface area (Å²) in [6, 6.07) is 9.28. The van der Waals surface area contributed by atoms with Gasteiger partial charge in [0.2, 0.25) is 5.91 Å². The second-order valence-corrected chi connectivity index (χ2v) is 8.35. The van der Waals surface area contributed by atoms with E-state index < -0.39 is 5.91 Å². The van der Waals surface area contributed by atoms with E-state index in [1.165, 1.54) is 18.2 Å². The number of hydrogen-bond acceptors (Lipinski definition) is 8. The molecule has 1 aliphatic rings. The molecular formula is C25H34FN5O4. The van der Waals surface area contributed by atoms with Gasteiger partial charge in [-0.3, -0.25) is 9.69 Å². The molecule has 10 heteroatoms. The second kappa shape index (κ2) is 13.6. The summed E-state index contributed by atoms with van der Waals surface area (Å²) in [6.45, 7) is 5.41. The number of nitrogens with one attached hydrogen (secondary N) is 1. The number of anilines is 2. The van der Waals surface area contributed by atoms with E-state index in [1.807, 2.05) is 5.01 Å². The Morgan fingerprint density at radius 1 is 1.20 bits per heavy atom. The number of carbonyl (C=O) groups excluding carboxylic acids is 2. The molecule has 1 heterocycles. The molecule has 1 amide bonds. The van der Waals surface area contributed by atoms with E-state index in [-0.39, 0.29) is 11.4 Å². The highest BCUT2D eigenvalue weighted by atomic mass is 19.1. The van der Waals surface area contributed by atoms with Crippen molar-refractivity contribution in [2.75, 3.05) is 56.7 Å². The zero-order valence-corrected chi connectivity index (χ0v) is 19.9. The SMILES string of the molecule is NC(=O)c1cc(N)c(N(CCCC=O)NCc2ccc(F)cc2)c(OCCCN2CCOCC2)c1. The van der Waals surface area contributed by atoms with Gasteiger partial charge in [-0.25, -0.2) is 9.82 Å². The number of hydrogen-bond donors (Lipinski definition) is 3. The van der Waals surface area contributed by atoms with Gasteiger partial charge in [0.15, 0.2) is 0 Å². The van der Waals surface area contributed by atoms with Crippen molar-refractivity contribution < 1.29 is 23.5 Å². The number of morpholine rings is 1. The Morgan fingerprint density at radius 3 is 2.63 bits per heavy atom. The van der Waals surface area contributed by atoms with Crippen LogP contribution in [0.4, 0.5) is 15.8 Å². The molecule has 0 unspecified atom stereocenters. The number of nitrogens with two attached hydrogens (primary N) is 2. The summed E-state index contributed by atoms with van der Waals surface area (Å²) in [4.78, 5) is 25.1. The van der Waals surface area contributed by atoms with Crippen molar-refractivity contribution in [2.45, 2.75) is 25.8 Å². The van der Waals surface area contributed by atoms with Gasteiger partial charge in [-0.05, 0) is 42.7 Å². The number of halogens is 1. The van der Waals surface area contributed by atoms with E-state index in [1.54, 1.807) is 18.2 Å². The zero-order valence-electron chi connectivity index (χ0n) is 19.9. The summed E-state index contributed by atoms with van der Waals surface area (Å²) >= 11 is 0. The molecule has 0 radical (unpaired) electrons. The lowest BCUT2D eigenvalue weighted by atomic mass is 10.1. The topological polar surface area (TPSA) is 123 Å². The number of nitrogen functional groups attached to an aromatic ring is 1. The molecule has 190 valence electrons. The van der Waals surface area contributed by atoms with Gasteiger partial charge < -0.3 is 30.7 Å². The first kappa shape index (κ1) is 26.4. The molecule has 0 aromatic heterocycles. The fraction of sp³-hybridized carbons (Fsp3) is 0.440. The van der Waals surface area contributed by atoms with Gasteiger partial charge in [0, 0.05) is 44.7 Å². The van der Waals surface area contributed by atoms with E-state index in [9.17, 15) is 14.0 Å². The molecule has 5 N–H and O–H groups in total. The minimum absolute atomic E-state index is 0.251. The normalized spacial score (nSPS) is 14.0. The number of unbranched alkanes of at least 4 members (excludes halogenated alkanes) is 1. The predicted octanol–water partition coefficient (Wildman–Crippen LogP) is 2.10. The molecule has 9 nitrogen and oxygen atoms in total. The largest absolute Gasteiger partial charge is 0.491 e. The van der Waals surface area contributed by atoms with Gasteiger partial charge in [0.25, 0.3) is 0 Å². The summed E-state index contributed by atoms with van der Waals surface area (Å²) in [7, 11) is 0. The predicted molar refractivity (Wildman–Crippen MR) is 133 cm³/mol. The lowest BCUT2D eigenvalue weighted by molar-refractivity contribution is -0.107. The third kappa shape index (κ3) is 8.20. The lowest BCUT2D eigenvalue weighted by Crippen LogP contribution is -2.39. The van der Waals surface area contributed by atoms with Gasteiger partial charge in [-0.2, -0.15) is 0 Å². The third-order valence-electron chi connectivity index (χ3n) is 5.73. The number of primary amides is 1. The lowest BCUT2D eigenvalue weighted by Gasteiger charge is -2.29. The number of carbonyl (C=O) groups is 2. The van der Waals surface area contributed by atoms with E-state index >= 15 is 0 Å². The Morgan fingerprint density at radius 2 is 1.94 bits per heavy atom. The van der Waals surface area contributed by atoms with Crippen LogP contribution in [-0.2, 0) is 16.1 Å². The van der Waals surface area contributed by atoms with Crippen LogP contribution in [0.15, 0.2) is 36.4 Å². The highest BCUT2D eigenvalue weighted by Gasteiger charge is 2.20. The molecule has 0 saturated carbocycles. The molecule has 0 atom stereocenters. The van der Waals surface area contributed by atoms with Crippen molar-refractivity contribution in [3.05, 3.63) is 53.3 Å². The number of hydrazine groups is 1. The summed E-state index contributed by atoms with van der Waals surface area (Å²) in [5.41, 5.74) is 17.2. The molecule has 1 saturated heterocycles. The minimum atomic E-state index is -0.604. The van der Waals surface area contributed by atoms with Crippen LogP contribution in [0, 0.1) is 5.82 Å². The van der Waals surface area contributed by atoms with Crippen molar-refractivity contribution in [3.63, 3.8) is 0 Å². The van der Waals surface area contributed by atoms with Crippen molar-refractivity contribution in [2.24, 2.45) is 5.73 Å². The average Bonchev–Trinajstić information content (AvgIpc) is 2.86. The molecule has 3 rings (SSSR count). The molecule has 2 aromatic rings. The van der Waals surface area contributed by atoms with E-state index in [0.29, 0.717) is 49.7 Å². The quantitative estimate of drug-likeness (QED) is 0.160. The van der Waals surface area contributed by atoms with Gasteiger partial charge in [0.1, 0.15) is 23.5 Å². The van der Waals surface area contributed by atoms with Crippen LogP contribution in [0.2, 0.25) is 0 Å². The maximum absolute atomic E-state index is 13.3. The Bertz CT molecular complexity index is 967. The minimum Gasteiger partial charge on any atom is -0.491 e. The van der Waals surface area contributed by atoms with Crippen molar-refractivity contribution in [1.29, 1.82) is 0 Å². The van der Waals surface area contributed by atoms with Crippen LogP contribution in [0.3, 0.4) is 0 Å². The average molecular weight is 488 g/mol. The summed E-state index contributed by atoms with van der Waals surface area (Å²) in [6.07, 6.45) is 2.60. The standard InChI is InChI=1S/C25H34FN5O4/c26-21-6-4-19(5-7-21)18-29-31(9-1-2-12-32)24-22(27)16-20(25(28)33)17-23(24)35-13-3-8-30-10-14-34-15-11-30/h4-7,12,16-17,29H,1-3,8-11,13-15,18,27H2,(H2,28,33). The van der Waals surface area contributed by atoms with E-state index in [4.69, 9.17) is 20.9 Å². The van der Waals surface area contributed by atoms with Crippen LogP contribution in [0.25, 0.3) is 0 Å². The number of rotatable bonds is 14. The van der Waals surface area contributed by atoms with E-state index in [2.05, 4.69) is 10.3 Å². The first-order chi connectivity index (χ1) is 17.0. The molecule has 1 aliphatic heterocycles. The molecule has 0 aliphatic carbocycles. The highest BCUT2D eigenvalue weighted by Crippen LogP contribution is 2.36. The second-order valence-electron chi connectivity index (χ2n) is 8.35. The van der Waals surface area contributed by atoms with Crippen molar-refractivity contribution in [1.82, 2.24) is 10.3 Å². The van der Waals surface area contributed by atoms with E-state index in [0.717, 1.165) is 51.1 Å². The van der Waals surface area contributed by atoms with Crippen LogP contribution in [0.5, 0.6) is 5.75 Å². The first-order valence-electron chi connectivity index (χ1n) is 11.8. The summed E-state index contributed by atoms with van der Waals surface area (Å²) < 4.78 is 24.8. The van der Waals surface area contributed by atoms with Crippen molar-refractivity contribution >= 4 is 23.6 Å². The molecule has 35 heavy (non-hydrogen) atoms. The van der Waals surface area contributed by atoms with Gasteiger partial charge in [0.05, 0.1) is 25.5 Å². The Hall–Kier alpha value is -3.21. The maximum Gasteiger partial charge on any atom is 0.248 e. The Kier molecular flexibility index (Phi) is 10.3. The van der Waals surface area contributed by atoms with Crippen LogP contribution in [0.1, 0.15) is 35.2 Å². The number of aldehydes is 1. The third-order valence-corrected chi connectivity index (χ3v) is 5.73. The van der Waals surface area contributed by atoms with Crippen LogP contribution in [-0.4, -0.2) is 63.1 Å². The van der Waals surface area contributed by atoms with Crippen molar-refractivity contribution in [3.8, 4) is 5.75 Å². The number of benzene rings is 2. The number of nitrogens with zero attached hydrogens (tertiary/aromatic N) is 2. The fourth-order valence-corrected chi connectivity index (χ4v) is 3.86. The number of ether oxygens (including phenoxy) is 2. The fourth-order valence-electron chi connectivity index (χ4n) is 3.86. The Labute approximate surface area is 205 Å². The highest BCUT2D eigenvalue weighted by molar-refractivity contribution is 5.96. The zero-order chi connectivity index (χ0) is 25.0. The van der Waals surface area contributed by atoms with Gasteiger partial charge in [-0.1, -0.05) is 12.1 Å². The molecule has 0 bridgehead atoms. The Balaban J connectivity index is 1.77. The first-order valence-corrected chi connectivity index (χ1v) is 11.8. The van der Waals surface area contributed by atoms with Gasteiger partial charge in [-0.15, -0.1) is 0 Å².